The highest BCUT2D eigenvalue weighted by Crippen LogP contribution is 2.34. The third-order valence-corrected chi connectivity index (χ3v) is 6.35. The minimum absolute atomic E-state index is 0.631. The number of hydrogen-bond donors (Lipinski definition) is 1. The van der Waals surface area contributed by atoms with Crippen molar-refractivity contribution < 1.29 is 0 Å². The first-order valence-corrected chi connectivity index (χ1v) is 10.2. The van der Waals surface area contributed by atoms with E-state index in [1.165, 1.54) is 54.9 Å². The lowest BCUT2D eigenvalue weighted by atomic mass is 9.98. The molecular formula is C23H32N4. The number of nitrogens with zero attached hydrogens (tertiary/aromatic N) is 3. The molecule has 4 heteroatoms. The second kappa shape index (κ2) is 7.81. The number of rotatable bonds is 4. The van der Waals surface area contributed by atoms with Crippen LogP contribution in [0.4, 0.5) is 17.1 Å². The maximum atomic E-state index is 6.24. The zero-order valence-electron chi connectivity index (χ0n) is 16.7. The molecule has 2 N–H and O–H groups in total. The van der Waals surface area contributed by atoms with E-state index in [0.29, 0.717) is 6.04 Å². The molecule has 2 aromatic rings. The van der Waals surface area contributed by atoms with Crippen LogP contribution < -0.4 is 15.5 Å². The number of hydrogen-bond acceptors (Lipinski definition) is 4. The number of para-hydroxylation sites is 1. The van der Waals surface area contributed by atoms with Crippen LogP contribution in [0, 0.1) is 0 Å². The molecule has 27 heavy (non-hydrogen) atoms. The zero-order valence-corrected chi connectivity index (χ0v) is 16.7. The van der Waals surface area contributed by atoms with E-state index in [9.17, 15) is 0 Å². The number of nitrogens with two attached hydrogens (primary N) is 1. The van der Waals surface area contributed by atoms with Gasteiger partial charge in [0.2, 0.25) is 0 Å². The number of fused-ring (bicyclic) bond motifs is 1. The van der Waals surface area contributed by atoms with Crippen LogP contribution in [0.15, 0.2) is 42.5 Å². The average molecular weight is 365 g/mol. The first-order chi connectivity index (χ1) is 13.1. The minimum atomic E-state index is 0.631. The van der Waals surface area contributed by atoms with Crippen LogP contribution in [0.3, 0.4) is 0 Å². The van der Waals surface area contributed by atoms with Gasteiger partial charge in [0.15, 0.2) is 0 Å². The molecular weight excluding hydrogens is 332 g/mol. The first-order valence-electron chi connectivity index (χ1n) is 10.2. The Hall–Kier alpha value is -2.20. The van der Waals surface area contributed by atoms with Crippen molar-refractivity contribution in [2.24, 2.45) is 0 Å². The van der Waals surface area contributed by atoms with Gasteiger partial charge in [-0.25, -0.2) is 0 Å². The molecule has 2 aliphatic rings. The minimum Gasteiger partial charge on any atom is -0.398 e. The number of likely N-dealkylation sites (tertiary alicyclic amines) is 1. The molecule has 0 saturated carbocycles. The van der Waals surface area contributed by atoms with Crippen molar-refractivity contribution in [3.05, 3.63) is 53.6 Å². The topological polar surface area (TPSA) is 35.7 Å². The molecule has 1 saturated heterocycles. The van der Waals surface area contributed by atoms with Gasteiger partial charge in [-0.15, -0.1) is 0 Å². The summed E-state index contributed by atoms with van der Waals surface area (Å²) in [5, 5.41) is 0. The van der Waals surface area contributed by atoms with E-state index in [0.717, 1.165) is 25.2 Å². The summed E-state index contributed by atoms with van der Waals surface area (Å²) in [6, 6.07) is 15.9. The van der Waals surface area contributed by atoms with Crippen LogP contribution in [-0.4, -0.2) is 44.7 Å². The average Bonchev–Trinajstić information content (AvgIpc) is 2.69. The highest BCUT2D eigenvalue weighted by atomic mass is 15.2. The van der Waals surface area contributed by atoms with Gasteiger partial charge in [-0.1, -0.05) is 24.3 Å². The standard InChI is InChI=1S/C23H32N4/c1-25-15-12-19(13-16-25)26(2)22-10-4-3-7-18(22)17-27-14-6-8-20-21(24)9-5-11-23(20)27/h3-5,7,9-11,19H,6,8,12-17,24H2,1-2H3. The summed E-state index contributed by atoms with van der Waals surface area (Å²) in [6.45, 7) is 4.43. The Bertz CT molecular complexity index is 780. The van der Waals surface area contributed by atoms with Crippen molar-refractivity contribution in [2.45, 2.75) is 38.3 Å². The molecule has 0 atom stereocenters. The predicted molar refractivity (Wildman–Crippen MR) is 116 cm³/mol. The fraction of sp³-hybridized carbons (Fsp3) is 0.478. The van der Waals surface area contributed by atoms with Gasteiger partial charge in [0.1, 0.15) is 0 Å². The molecule has 0 bridgehead atoms. The number of piperidine rings is 1. The number of benzene rings is 2. The van der Waals surface area contributed by atoms with Crippen molar-refractivity contribution in [1.82, 2.24) is 4.90 Å². The predicted octanol–water partition coefficient (Wildman–Crippen LogP) is 3.75. The molecule has 2 aromatic carbocycles. The van der Waals surface area contributed by atoms with Gasteiger partial charge in [0.25, 0.3) is 0 Å². The van der Waals surface area contributed by atoms with Crippen LogP contribution >= 0.6 is 0 Å². The molecule has 0 spiro atoms. The Morgan fingerprint density at radius 1 is 1.04 bits per heavy atom. The lowest BCUT2D eigenvalue weighted by Crippen LogP contribution is -2.42. The van der Waals surface area contributed by atoms with Crippen molar-refractivity contribution in [3.8, 4) is 0 Å². The second-order valence-electron chi connectivity index (χ2n) is 8.14. The Balaban J connectivity index is 1.57. The van der Waals surface area contributed by atoms with Gasteiger partial charge in [0, 0.05) is 43.2 Å². The largest absolute Gasteiger partial charge is 0.398 e. The van der Waals surface area contributed by atoms with E-state index in [1.54, 1.807) is 0 Å². The molecule has 0 aliphatic carbocycles. The molecule has 2 aliphatic heterocycles. The van der Waals surface area contributed by atoms with E-state index in [-0.39, 0.29) is 0 Å². The number of anilines is 3. The summed E-state index contributed by atoms with van der Waals surface area (Å²) in [7, 11) is 4.50. The normalized spacial score (nSPS) is 18.4. The van der Waals surface area contributed by atoms with Gasteiger partial charge in [-0.2, -0.15) is 0 Å². The molecule has 1 fully saturated rings. The maximum Gasteiger partial charge on any atom is 0.0450 e. The van der Waals surface area contributed by atoms with Crippen molar-refractivity contribution in [1.29, 1.82) is 0 Å². The Labute approximate surface area is 163 Å². The third kappa shape index (κ3) is 3.77. The first kappa shape index (κ1) is 18.2. The van der Waals surface area contributed by atoms with Crippen LogP contribution in [0.25, 0.3) is 0 Å². The van der Waals surface area contributed by atoms with Gasteiger partial charge >= 0.3 is 0 Å². The quantitative estimate of drug-likeness (QED) is 0.838. The van der Waals surface area contributed by atoms with Crippen molar-refractivity contribution >= 4 is 17.1 Å². The molecule has 0 radical (unpaired) electrons. The van der Waals surface area contributed by atoms with Crippen molar-refractivity contribution in [3.63, 3.8) is 0 Å². The summed E-state index contributed by atoms with van der Waals surface area (Å²) in [4.78, 5) is 7.47. The summed E-state index contributed by atoms with van der Waals surface area (Å²) < 4.78 is 0. The molecule has 4 nitrogen and oxygen atoms in total. The Morgan fingerprint density at radius 2 is 1.81 bits per heavy atom. The van der Waals surface area contributed by atoms with E-state index >= 15 is 0 Å². The maximum absolute atomic E-state index is 6.24. The van der Waals surface area contributed by atoms with Crippen LogP contribution in [0.1, 0.15) is 30.4 Å². The highest BCUT2D eigenvalue weighted by Gasteiger charge is 2.24. The van der Waals surface area contributed by atoms with Gasteiger partial charge in [-0.3, -0.25) is 0 Å². The van der Waals surface area contributed by atoms with E-state index in [1.807, 2.05) is 6.07 Å². The lowest BCUT2D eigenvalue weighted by molar-refractivity contribution is 0.252. The van der Waals surface area contributed by atoms with E-state index in [4.69, 9.17) is 5.73 Å². The van der Waals surface area contributed by atoms with E-state index in [2.05, 4.69) is 65.2 Å². The summed E-state index contributed by atoms with van der Waals surface area (Å²) in [5.74, 6) is 0. The fourth-order valence-corrected chi connectivity index (χ4v) is 4.67. The van der Waals surface area contributed by atoms with Crippen LogP contribution in [0.5, 0.6) is 0 Å². The Morgan fingerprint density at radius 3 is 2.63 bits per heavy atom. The number of nitrogen functional groups attached to an aromatic ring is 1. The monoisotopic (exact) mass is 364 g/mol. The summed E-state index contributed by atoms with van der Waals surface area (Å²) in [5.41, 5.74) is 12.6. The molecule has 2 heterocycles. The second-order valence-corrected chi connectivity index (χ2v) is 8.14. The fourth-order valence-electron chi connectivity index (χ4n) is 4.67. The smallest absolute Gasteiger partial charge is 0.0450 e. The van der Waals surface area contributed by atoms with Gasteiger partial charge < -0.3 is 20.4 Å². The van der Waals surface area contributed by atoms with E-state index < -0.39 is 0 Å². The van der Waals surface area contributed by atoms with Crippen molar-refractivity contribution in [2.75, 3.05) is 49.3 Å². The van der Waals surface area contributed by atoms with Crippen LogP contribution in [0.2, 0.25) is 0 Å². The van der Waals surface area contributed by atoms with Gasteiger partial charge in [0.05, 0.1) is 0 Å². The third-order valence-electron chi connectivity index (χ3n) is 6.35. The molecule has 4 rings (SSSR count). The molecule has 144 valence electrons. The summed E-state index contributed by atoms with van der Waals surface area (Å²) in [6.07, 6.45) is 4.75. The Kier molecular flexibility index (Phi) is 5.26. The molecule has 0 amide bonds. The highest BCUT2D eigenvalue weighted by molar-refractivity contribution is 5.67. The molecule has 0 unspecified atom stereocenters. The van der Waals surface area contributed by atoms with Gasteiger partial charge in [-0.05, 0) is 75.1 Å². The lowest BCUT2D eigenvalue weighted by Gasteiger charge is -2.38. The summed E-state index contributed by atoms with van der Waals surface area (Å²) >= 11 is 0. The van der Waals surface area contributed by atoms with Crippen LogP contribution in [-0.2, 0) is 13.0 Å². The zero-order chi connectivity index (χ0) is 18.8. The SMILES string of the molecule is CN1CCC(N(C)c2ccccc2CN2CCCc3c(N)cccc32)CC1. The molecule has 0 aromatic heterocycles.